The van der Waals surface area contributed by atoms with Gasteiger partial charge in [0.2, 0.25) is 10.0 Å². The fourth-order valence-electron chi connectivity index (χ4n) is 2.03. The van der Waals surface area contributed by atoms with Gasteiger partial charge >= 0.3 is 0 Å². The Morgan fingerprint density at radius 3 is 2.74 bits per heavy atom. The van der Waals surface area contributed by atoms with Crippen molar-refractivity contribution in [2.24, 2.45) is 0 Å². The molecule has 0 spiro atoms. The van der Waals surface area contributed by atoms with Crippen LogP contribution in [0.25, 0.3) is 0 Å². The van der Waals surface area contributed by atoms with Crippen LogP contribution in [0.1, 0.15) is 19.8 Å². The third-order valence-corrected chi connectivity index (χ3v) is 5.04. The first-order valence-corrected chi connectivity index (χ1v) is 8.11. The molecule has 0 radical (unpaired) electrons. The maximum absolute atomic E-state index is 12.1. The molecule has 0 bridgehead atoms. The highest BCUT2D eigenvalue weighted by molar-refractivity contribution is 7.89. The van der Waals surface area contributed by atoms with Crippen LogP contribution in [-0.2, 0) is 10.0 Å². The Kier molecular flexibility index (Phi) is 4.31. The van der Waals surface area contributed by atoms with E-state index in [0.717, 1.165) is 12.8 Å². The van der Waals surface area contributed by atoms with Crippen LogP contribution in [0.15, 0.2) is 24.3 Å². The smallest absolute Gasteiger partial charge is 0.217 e. The van der Waals surface area contributed by atoms with Crippen molar-refractivity contribution in [3.63, 3.8) is 0 Å². The van der Waals surface area contributed by atoms with Gasteiger partial charge in [0.1, 0.15) is 12.4 Å². The maximum Gasteiger partial charge on any atom is 0.217 e. The summed E-state index contributed by atoms with van der Waals surface area (Å²) in [5.74, 6) is 0.608. The minimum Gasteiger partial charge on any atom is -0.492 e. The van der Waals surface area contributed by atoms with Gasteiger partial charge in [-0.05, 0) is 25.0 Å². The fourth-order valence-corrected chi connectivity index (χ4v) is 3.62. The summed E-state index contributed by atoms with van der Waals surface area (Å²) in [4.78, 5) is 0. The highest BCUT2D eigenvalue weighted by Gasteiger charge is 2.35. The highest BCUT2D eigenvalue weighted by atomic mass is 32.2. The van der Waals surface area contributed by atoms with Crippen LogP contribution in [-0.4, -0.2) is 37.7 Å². The molecular formula is C13H20N2O3S. The molecule has 0 amide bonds. The van der Waals surface area contributed by atoms with Crippen molar-refractivity contribution in [2.75, 3.05) is 24.6 Å². The SMILES string of the molecule is CCN(C1CC1)S(=O)(=O)CCOc1cccc(N)c1. The van der Waals surface area contributed by atoms with Crippen LogP contribution in [0.3, 0.4) is 0 Å². The number of sulfonamides is 1. The molecule has 0 aromatic heterocycles. The van der Waals surface area contributed by atoms with Crippen LogP contribution >= 0.6 is 0 Å². The number of nitrogen functional groups attached to an aromatic ring is 1. The Balaban J connectivity index is 1.87. The van der Waals surface area contributed by atoms with Gasteiger partial charge in [0.15, 0.2) is 0 Å². The molecule has 0 heterocycles. The summed E-state index contributed by atoms with van der Waals surface area (Å²) < 4.78 is 31.3. The number of ether oxygens (including phenoxy) is 1. The number of rotatable bonds is 7. The van der Waals surface area contributed by atoms with E-state index in [1.807, 2.05) is 6.92 Å². The predicted molar refractivity (Wildman–Crippen MR) is 75.5 cm³/mol. The van der Waals surface area contributed by atoms with Gasteiger partial charge < -0.3 is 10.5 Å². The van der Waals surface area contributed by atoms with Crippen molar-refractivity contribution in [3.8, 4) is 5.75 Å². The minimum absolute atomic E-state index is 0.00609. The Bertz CT molecular complexity index is 526. The lowest BCUT2D eigenvalue weighted by atomic mass is 10.3. The summed E-state index contributed by atoms with van der Waals surface area (Å²) in [7, 11) is -3.21. The zero-order chi connectivity index (χ0) is 13.9. The Hall–Kier alpha value is -1.27. The summed E-state index contributed by atoms with van der Waals surface area (Å²) in [6.45, 7) is 2.55. The largest absolute Gasteiger partial charge is 0.492 e. The molecule has 2 N–H and O–H groups in total. The molecule has 0 atom stereocenters. The average Bonchev–Trinajstić information content (AvgIpc) is 3.14. The highest BCUT2D eigenvalue weighted by Crippen LogP contribution is 2.29. The van der Waals surface area contributed by atoms with Gasteiger partial charge in [-0.2, -0.15) is 4.31 Å². The van der Waals surface area contributed by atoms with Crippen LogP contribution in [0.5, 0.6) is 5.75 Å². The van der Waals surface area contributed by atoms with Crippen molar-refractivity contribution in [1.82, 2.24) is 4.31 Å². The number of anilines is 1. The molecule has 1 saturated carbocycles. The van der Waals surface area contributed by atoms with Gasteiger partial charge in [0.05, 0.1) is 5.75 Å². The van der Waals surface area contributed by atoms with E-state index in [1.165, 1.54) is 0 Å². The van der Waals surface area contributed by atoms with Gasteiger partial charge in [-0.15, -0.1) is 0 Å². The molecule has 2 rings (SSSR count). The first kappa shape index (κ1) is 14.1. The normalized spacial score (nSPS) is 15.7. The third-order valence-electron chi connectivity index (χ3n) is 3.09. The number of nitrogens with zero attached hydrogens (tertiary/aromatic N) is 1. The van der Waals surface area contributed by atoms with E-state index in [1.54, 1.807) is 28.6 Å². The molecule has 1 aliphatic rings. The topological polar surface area (TPSA) is 72.6 Å². The van der Waals surface area contributed by atoms with E-state index >= 15 is 0 Å². The lowest BCUT2D eigenvalue weighted by Crippen LogP contribution is -2.36. The van der Waals surface area contributed by atoms with Crippen molar-refractivity contribution >= 4 is 15.7 Å². The zero-order valence-corrected chi connectivity index (χ0v) is 11.9. The van der Waals surface area contributed by atoms with E-state index < -0.39 is 10.0 Å². The quantitative estimate of drug-likeness (QED) is 0.769. The zero-order valence-electron chi connectivity index (χ0n) is 11.1. The molecule has 1 aromatic carbocycles. The van der Waals surface area contributed by atoms with E-state index in [0.29, 0.717) is 18.0 Å². The van der Waals surface area contributed by atoms with Crippen molar-refractivity contribution in [2.45, 2.75) is 25.8 Å². The molecule has 106 valence electrons. The molecular weight excluding hydrogens is 264 g/mol. The van der Waals surface area contributed by atoms with Crippen molar-refractivity contribution in [1.29, 1.82) is 0 Å². The summed E-state index contributed by atoms with van der Waals surface area (Å²) in [6.07, 6.45) is 1.95. The summed E-state index contributed by atoms with van der Waals surface area (Å²) in [6, 6.07) is 7.20. The van der Waals surface area contributed by atoms with Crippen LogP contribution < -0.4 is 10.5 Å². The molecule has 0 unspecified atom stereocenters. The second kappa shape index (κ2) is 5.79. The monoisotopic (exact) mass is 284 g/mol. The predicted octanol–water partition coefficient (Wildman–Crippen LogP) is 1.46. The van der Waals surface area contributed by atoms with E-state index in [-0.39, 0.29) is 18.4 Å². The molecule has 0 saturated heterocycles. The Morgan fingerprint density at radius 1 is 1.42 bits per heavy atom. The minimum atomic E-state index is -3.21. The van der Waals surface area contributed by atoms with Crippen molar-refractivity contribution < 1.29 is 13.2 Å². The molecule has 1 fully saturated rings. The number of nitrogens with two attached hydrogens (primary N) is 1. The average molecular weight is 284 g/mol. The number of hydrogen-bond acceptors (Lipinski definition) is 4. The van der Waals surface area contributed by atoms with Crippen LogP contribution in [0.2, 0.25) is 0 Å². The molecule has 1 aliphatic carbocycles. The standard InChI is InChI=1S/C13H20N2O3S/c1-2-15(12-6-7-12)19(16,17)9-8-18-13-5-3-4-11(14)10-13/h3-5,10,12H,2,6-9,14H2,1H3. The number of hydrogen-bond donors (Lipinski definition) is 1. The molecule has 0 aliphatic heterocycles. The summed E-state index contributed by atoms with van der Waals surface area (Å²) >= 11 is 0. The molecule has 5 nitrogen and oxygen atoms in total. The first-order chi connectivity index (χ1) is 9.03. The summed E-state index contributed by atoms with van der Waals surface area (Å²) in [5.41, 5.74) is 6.23. The second-order valence-electron chi connectivity index (χ2n) is 4.67. The van der Waals surface area contributed by atoms with E-state index in [9.17, 15) is 8.42 Å². The van der Waals surface area contributed by atoms with Gasteiger partial charge in [-0.3, -0.25) is 0 Å². The second-order valence-corrected chi connectivity index (χ2v) is 6.71. The molecule has 19 heavy (non-hydrogen) atoms. The van der Waals surface area contributed by atoms with Gasteiger partial charge in [0.25, 0.3) is 0 Å². The Labute approximate surface area is 114 Å². The Morgan fingerprint density at radius 2 is 2.16 bits per heavy atom. The van der Waals surface area contributed by atoms with Gasteiger partial charge in [0, 0.05) is 24.3 Å². The van der Waals surface area contributed by atoms with Gasteiger partial charge in [-0.25, -0.2) is 8.42 Å². The number of benzene rings is 1. The van der Waals surface area contributed by atoms with E-state index in [4.69, 9.17) is 10.5 Å². The molecule has 6 heteroatoms. The molecule has 1 aromatic rings. The lowest BCUT2D eigenvalue weighted by molar-refractivity contribution is 0.334. The van der Waals surface area contributed by atoms with Crippen LogP contribution in [0, 0.1) is 0 Å². The van der Waals surface area contributed by atoms with Gasteiger partial charge in [-0.1, -0.05) is 13.0 Å². The summed E-state index contributed by atoms with van der Waals surface area (Å²) in [5, 5.41) is 0. The van der Waals surface area contributed by atoms with E-state index in [2.05, 4.69) is 0 Å². The maximum atomic E-state index is 12.1. The van der Waals surface area contributed by atoms with Crippen molar-refractivity contribution in [3.05, 3.63) is 24.3 Å². The first-order valence-electron chi connectivity index (χ1n) is 6.51. The van der Waals surface area contributed by atoms with Crippen LogP contribution in [0.4, 0.5) is 5.69 Å². The third kappa shape index (κ3) is 3.84. The fraction of sp³-hybridized carbons (Fsp3) is 0.538. The lowest BCUT2D eigenvalue weighted by Gasteiger charge is -2.19.